The zero-order chi connectivity index (χ0) is 18.1. The van der Waals surface area contributed by atoms with Crippen LogP contribution in [0, 0.1) is 11.3 Å². The Labute approximate surface area is 146 Å². The second-order valence-corrected chi connectivity index (χ2v) is 9.43. The van der Waals surface area contributed by atoms with Crippen molar-refractivity contribution in [2.45, 2.75) is 84.9 Å². The summed E-state index contributed by atoms with van der Waals surface area (Å²) in [6.07, 6.45) is 2.64. The maximum atomic E-state index is 12.6. The largest absolute Gasteiger partial charge is 0.444 e. The van der Waals surface area contributed by atoms with E-state index in [1.165, 1.54) is 0 Å². The number of morpholine rings is 1. The van der Waals surface area contributed by atoms with Gasteiger partial charge in [0.05, 0.1) is 25.3 Å². The van der Waals surface area contributed by atoms with Crippen LogP contribution in [0.3, 0.4) is 0 Å². The molecule has 2 heterocycles. The molecule has 0 saturated carbocycles. The minimum absolute atomic E-state index is 0.0454. The number of rotatable bonds is 3. The molecule has 0 aromatic heterocycles. The van der Waals surface area contributed by atoms with Crippen molar-refractivity contribution in [2.75, 3.05) is 13.2 Å². The Hall–Kier alpha value is -1.10. The van der Waals surface area contributed by atoms with E-state index >= 15 is 0 Å². The predicted octanol–water partition coefficient (Wildman–Crippen LogP) is 3.80. The molecule has 2 unspecified atom stereocenters. The third-order valence-corrected chi connectivity index (χ3v) is 4.70. The molecule has 2 rings (SSSR count). The Balaban J connectivity index is 2.00. The van der Waals surface area contributed by atoms with Gasteiger partial charge in [0, 0.05) is 12.3 Å². The molecule has 5 nitrogen and oxygen atoms in total. The van der Waals surface area contributed by atoms with Crippen molar-refractivity contribution < 1.29 is 19.1 Å². The molecule has 0 spiro atoms. The van der Waals surface area contributed by atoms with Crippen molar-refractivity contribution in [3.8, 4) is 0 Å². The third-order valence-electron chi connectivity index (χ3n) is 4.70. The van der Waals surface area contributed by atoms with Crippen LogP contribution in [0.4, 0.5) is 4.79 Å². The second kappa shape index (κ2) is 7.03. The molecular formula is C19H33NO4. The molecule has 2 saturated heterocycles. The molecule has 138 valence electrons. The lowest BCUT2D eigenvalue weighted by atomic mass is 9.79. The minimum Gasteiger partial charge on any atom is -0.444 e. The fourth-order valence-electron chi connectivity index (χ4n) is 3.49. The maximum absolute atomic E-state index is 12.6. The van der Waals surface area contributed by atoms with Crippen molar-refractivity contribution in [3.05, 3.63) is 0 Å². The number of Topliss-reactive ketones (excluding diaryl/α,β-unsaturated/α-hetero) is 1. The van der Waals surface area contributed by atoms with Crippen molar-refractivity contribution in [1.82, 2.24) is 4.90 Å². The Kier molecular flexibility index (Phi) is 5.63. The van der Waals surface area contributed by atoms with Gasteiger partial charge in [0.2, 0.25) is 0 Å². The molecule has 0 radical (unpaired) electrons. The highest BCUT2D eigenvalue weighted by Crippen LogP contribution is 2.34. The van der Waals surface area contributed by atoms with E-state index in [4.69, 9.17) is 9.47 Å². The summed E-state index contributed by atoms with van der Waals surface area (Å²) in [6, 6.07) is -0.0909. The number of hydrogen-bond donors (Lipinski definition) is 0. The summed E-state index contributed by atoms with van der Waals surface area (Å²) in [4.78, 5) is 27.0. The fraction of sp³-hybridized carbons (Fsp3) is 0.895. The van der Waals surface area contributed by atoms with Gasteiger partial charge in [-0.2, -0.15) is 0 Å². The Morgan fingerprint density at radius 2 is 1.58 bits per heavy atom. The number of amides is 1. The Bertz CT molecular complexity index is 461. The van der Waals surface area contributed by atoms with E-state index < -0.39 is 5.60 Å². The van der Waals surface area contributed by atoms with Crippen LogP contribution in [0.15, 0.2) is 0 Å². The fourth-order valence-corrected chi connectivity index (χ4v) is 3.49. The van der Waals surface area contributed by atoms with Crippen LogP contribution in [-0.2, 0) is 14.3 Å². The van der Waals surface area contributed by atoms with Crippen molar-refractivity contribution in [1.29, 1.82) is 0 Å². The number of nitrogens with zero attached hydrogens (tertiary/aromatic N) is 1. The van der Waals surface area contributed by atoms with Crippen LogP contribution >= 0.6 is 0 Å². The molecule has 0 aromatic rings. The predicted molar refractivity (Wildman–Crippen MR) is 92.9 cm³/mol. The highest BCUT2D eigenvalue weighted by Gasteiger charge is 2.44. The lowest BCUT2D eigenvalue weighted by molar-refractivity contribution is -0.132. The van der Waals surface area contributed by atoms with Crippen molar-refractivity contribution in [2.24, 2.45) is 11.3 Å². The van der Waals surface area contributed by atoms with Gasteiger partial charge in [-0.15, -0.1) is 0 Å². The van der Waals surface area contributed by atoms with Gasteiger partial charge in [0.15, 0.2) is 0 Å². The highest BCUT2D eigenvalue weighted by molar-refractivity contribution is 5.81. The number of piperidine rings is 1. The van der Waals surface area contributed by atoms with Gasteiger partial charge in [-0.05, 0) is 45.4 Å². The minimum atomic E-state index is -0.508. The SMILES string of the molecule is CC(C)(C)CCC(=O)C1CC2COCC(C1)N2C(=O)OC(C)(C)C. The first kappa shape index (κ1) is 19.2. The second-order valence-electron chi connectivity index (χ2n) is 9.43. The third kappa shape index (κ3) is 5.20. The van der Waals surface area contributed by atoms with Crippen LogP contribution < -0.4 is 0 Å². The monoisotopic (exact) mass is 339 g/mol. The highest BCUT2D eigenvalue weighted by atomic mass is 16.6. The summed E-state index contributed by atoms with van der Waals surface area (Å²) < 4.78 is 11.2. The van der Waals surface area contributed by atoms with Gasteiger partial charge >= 0.3 is 6.09 Å². The first-order valence-electron chi connectivity index (χ1n) is 9.08. The van der Waals surface area contributed by atoms with Crippen LogP contribution in [0.2, 0.25) is 0 Å². The van der Waals surface area contributed by atoms with Gasteiger partial charge in [-0.1, -0.05) is 20.8 Å². The van der Waals surface area contributed by atoms with E-state index in [2.05, 4.69) is 20.8 Å². The average molecular weight is 339 g/mol. The van der Waals surface area contributed by atoms with Gasteiger partial charge in [0.1, 0.15) is 11.4 Å². The molecule has 1 amide bonds. The molecule has 2 atom stereocenters. The Morgan fingerprint density at radius 3 is 2.04 bits per heavy atom. The molecule has 5 heteroatoms. The summed E-state index contributed by atoms with van der Waals surface area (Å²) >= 11 is 0. The van der Waals surface area contributed by atoms with E-state index in [9.17, 15) is 9.59 Å². The average Bonchev–Trinajstić information content (AvgIpc) is 2.40. The molecule has 0 N–H and O–H groups in total. The molecule has 2 aliphatic heterocycles. The lowest BCUT2D eigenvalue weighted by Gasteiger charge is -2.48. The van der Waals surface area contributed by atoms with Gasteiger partial charge in [-0.3, -0.25) is 9.69 Å². The molecule has 2 fully saturated rings. The van der Waals surface area contributed by atoms with Crippen molar-refractivity contribution in [3.63, 3.8) is 0 Å². The summed E-state index contributed by atoms with van der Waals surface area (Å²) in [7, 11) is 0. The molecule has 0 aromatic carbocycles. The smallest absolute Gasteiger partial charge is 0.410 e. The summed E-state index contributed by atoms with van der Waals surface area (Å²) in [5.41, 5.74) is -0.336. The summed E-state index contributed by atoms with van der Waals surface area (Å²) in [6.45, 7) is 13.1. The van der Waals surface area contributed by atoms with E-state index in [0.717, 1.165) is 6.42 Å². The summed E-state index contributed by atoms with van der Waals surface area (Å²) in [5, 5.41) is 0. The molecular weight excluding hydrogens is 306 g/mol. The molecule has 2 aliphatic rings. The first-order valence-corrected chi connectivity index (χ1v) is 9.08. The zero-order valence-electron chi connectivity index (χ0n) is 16.1. The molecule has 24 heavy (non-hydrogen) atoms. The van der Waals surface area contributed by atoms with Crippen LogP contribution in [0.5, 0.6) is 0 Å². The number of carbonyl (C=O) groups is 2. The van der Waals surface area contributed by atoms with Crippen LogP contribution in [0.25, 0.3) is 0 Å². The standard InChI is InChI=1S/C19H33NO4/c1-18(2,3)8-7-16(21)13-9-14-11-23-12-15(10-13)20(14)17(22)24-19(4,5)6/h13-15H,7-12H2,1-6H3. The number of ether oxygens (including phenoxy) is 2. The zero-order valence-corrected chi connectivity index (χ0v) is 16.1. The van der Waals surface area contributed by atoms with Crippen LogP contribution in [0.1, 0.15) is 67.2 Å². The van der Waals surface area contributed by atoms with E-state index in [-0.39, 0.29) is 29.5 Å². The number of hydrogen-bond acceptors (Lipinski definition) is 4. The topological polar surface area (TPSA) is 55.8 Å². The van der Waals surface area contributed by atoms with E-state index in [1.54, 1.807) is 0 Å². The molecule has 2 bridgehead atoms. The van der Waals surface area contributed by atoms with E-state index in [1.807, 2.05) is 25.7 Å². The summed E-state index contributed by atoms with van der Waals surface area (Å²) in [5.74, 6) is 0.385. The lowest BCUT2D eigenvalue weighted by Crippen LogP contribution is -2.60. The number of ketones is 1. The number of fused-ring (bicyclic) bond motifs is 2. The molecule has 0 aliphatic carbocycles. The quantitative estimate of drug-likeness (QED) is 0.785. The van der Waals surface area contributed by atoms with Crippen LogP contribution in [-0.4, -0.2) is 47.7 Å². The van der Waals surface area contributed by atoms with Gasteiger partial charge in [0.25, 0.3) is 0 Å². The van der Waals surface area contributed by atoms with E-state index in [0.29, 0.717) is 38.3 Å². The Morgan fingerprint density at radius 1 is 1.04 bits per heavy atom. The number of carbonyl (C=O) groups excluding carboxylic acids is 2. The van der Waals surface area contributed by atoms with Crippen molar-refractivity contribution >= 4 is 11.9 Å². The van der Waals surface area contributed by atoms with Gasteiger partial charge in [-0.25, -0.2) is 4.79 Å². The maximum Gasteiger partial charge on any atom is 0.410 e. The first-order chi connectivity index (χ1) is 11.0. The van der Waals surface area contributed by atoms with Gasteiger partial charge < -0.3 is 9.47 Å². The normalized spacial score (nSPS) is 27.8.